The predicted molar refractivity (Wildman–Crippen MR) is 157 cm³/mol. The minimum Gasteiger partial charge on any atom is -0.0616 e. The van der Waals surface area contributed by atoms with Gasteiger partial charge in [-0.2, -0.15) is 0 Å². The highest BCUT2D eigenvalue weighted by Crippen LogP contribution is 2.39. The molecule has 0 aromatic heterocycles. The molecule has 36 heavy (non-hydrogen) atoms. The Hall–Kier alpha value is -4.42. The number of fused-ring (bicyclic) bond motifs is 7. The zero-order valence-electron chi connectivity index (χ0n) is 20.5. The SMILES string of the molecule is Cc1cc(-c2cccc3ccccc23)c(C)cc1-c1ccc2c3ccccc3c3ccccc3c2c1. The Morgan fingerprint density at radius 3 is 1.53 bits per heavy atom. The van der Waals surface area contributed by atoms with Gasteiger partial charge in [0.2, 0.25) is 0 Å². The summed E-state index contributed by atoms with van der Waals surface area (Å²) >= 11 is 0. The Kier molecular flexibility index (Phi) is 4.69. The van der Waals surface area contributed by atoms with E-state index in [4.69, 9.17) is 0 Å². The topological polar surface area (TPSA) is 0 Å². The van der Waals surface area contributed by atoms with Crippen LogP contribution in [0.25, 0.3) is 65.3 Å². The Morgan fingerprint density at radius 2 is 0.833 bits per heavy atom. The molecular weight excluding hydrogens is 432 g/mol. The van der Waals surface area contributed by atoms with Crippen molar-refractivity contribution in [2.24, 2.45) is 0 Å². The van der Waals surface area contributed by atoms with Gasteiger partial charge in [0.25, 0.3) is 0 Å². The third-order valence-electron chi connectivity index (χ3n) is 7.71. The first-order valence-electron chi connectivity index (χ1n) is 12.6. The maximum absolute atomic E-state index is 2.39. The maximum Gasteiger partial charge on any atom is -0.00928 e. The average molecular weight is 459 g/mol. The highest BCUT2D eigenvalue weighted by Gasteiger charge is 2.13. The molecule has 0 heterocycles. The van der Waals surface area contributed by atoms with E-state index >= 15 is 0 Å². The van der Waals surface area contributed by atoms with Gasteiger partial charge in [0.15, 0.2) is 0 Å². The van der Waals surface area contributed by atoms with E-state index in [1.807, 2.05) is 0 Å². The van der Waals surface area contributed by atoms with Crippen molar-refractivity contribution in [3.8, 4) is 22.3 Å². The lowest BCUT2D eigenvalue weighted by Crippen LogP contribution is -1.92. The van der Waals surface area contributed by atoms with Crippen molar-refractivity contribution in [2.45, 2.75) is 13.8 Å². The molecule has 0 aliphatic rings. The second-order valence-corrected chi connectivity index (χ2v) is 9.86. The smallest absolute Gasteiger partial charge is 0.00928 e. The van der Waals surface area contributed by atoms with E-state index in [2.05, 4.69) is 135 Å². The molecule has 0 aliphatic carbocycles. The third-order valence-corrected chi connectivity index (χ3v) is 7.71. The average Bonchev–Trinajstić information content (AvgIpc) is 2.94. The summed E-state index contributed by atoms with van der Waals surface area (Å²) in [6.07, 6.45) is 0. The lowest BCUT2D eigenvalue weighted by molar-refractivity contribution is 1.39. The summed E-state index contributed by atoms with van der Waals surface area (Å²) in [5.41, 5.74) is 7.79. The first-order chi connectivity index (χ1) is 17.7. The van der Waals surface area contributed by atoms with Crippen molar-refractivity contribution >= 4 is 43.1 Å². The van der Waals surface area contributed by atoms with Crippen LogP contribution in [0.2, 0.25) is 0 Å². The quantitative estimate of drug-likeness (QED) is 0.226. The summed E-state index contributed by atoms with van der Waals surface area (Å²) in [7, 11) is 0. The molecule has 0 saturated heterocycles. The minimum atomic E-state index is 1.27. The molecule has 7 rings (SSSR count). The first-order valence-corrected chi connectivity index (χ1v) is 12.6. The van der Waals surface area contributed by atoms with Crippen LogP contribution in [0.5, 0.6) is 0 Å². The van der Waals surface area contributed by atoms with Crippen molar-refractivity contribution in [1.29, 1.82) is 0 Å². The second kappa shape index (κ2) is 8.07. The van der Waals surface area contributed by atoms with E-state index in [0.29, 0.717) is 0 Å². The second-order valence-electron chi connectivity index (χ2n) is 9.86. The Balaban J connectivity index is 1.45. The fourth-order valence-corrected chi connectivity index (χ4v) is 5.95. The molecule has 7 aromatic rings. The summed E-state index contributed by atoms with van der Waals surface area (Å²) in [5, 5.41) is 10.5. The standard InChI is InChI=1S/C36H26/c1-23-21-35(28-17-9-11-25-10-3-4-12-27(25)28)24(2)20-34(23)26-18-19-33-31-15-6-5-13-29(31)30-14-7-8-16-32(30)36(33)22-26/h3-22H,1-2H3. The lowest BCUT2D eigenvalue weighted by Gasteiger charge is -2.16. The van der Waals surface area contributed by atoms with Crippen LogP contribution >= 0.6 is 0 Å². The van der Waals surface area contributed by atoms with Crippen LogP contribution in [0.15, 0.2) is 121 Å². The molecule has 0 bridgehead atoms. The highest BCUT2D eigenvalue weighted by atomic mass is 14.2. The Morgan fingerprint density at radius 1 is 0.333 bits per heavy atom. The van der Waals surface area contributed by atoms with E-state index in [1.54, 1.807) is 0 Å². The van der Waals surface area contributed by atoms with Gasteiger partial charge in [0.05, 0.1) is 0 Å². The molecule has 0 aliphatic heterocycles. The summed E-state index contributed by atoms with van der Waals surface area (Å²) < 4.78 is 0. The van der Waals surface area contributed by atoms with E-state index in [1.165, 1.54) is 76.5 Å². The largest absolute Gasteiger partial charge is 0.0616 e. The Labute approximate surface area is 211 Å². The molecule has 0 unspecified atom stereocenters. The molecule has 0 nitrogen and oxygen atoms in total. The molecule has 0 radical (unpaired) electrons. The first kappa shape index (κ1) is 20.9. The summed E-state index contributed by atoms with van der Waals surface area (Å²) in [6.45, 7) is 4.48. The normalized spacial score (nSPS) is 11.6. The van der Waals surface area contributed by atoms with Crippen LogP contribution in [0.4, 0.5) is 0 Å². The van der Waals surface area contributed by atoms with Gasteiger partial charge in [-0.15, -0.1) is 0 Å². The van der Waals surface area contributed by atoms with Gasteiger partial charge < -0.3 is 0 Å². The molecule has 0 fully saturated rings. The van der Waals surface area contributed by atoms with Gasteiger partial charge in [-0.25, -0.2) is 0 Å². The third kappa shape index (κ3) is 3.15. The van der Waals surface area contributed by atoms with Gasteiger partial charge in [0.1, 0.15) is 0 Å². The fourth-order valence-electron chi connectivity index (χ4n) is 5.95. The number of aryl methyl sites for hydroxylation is 2. The molecule has 0 atom stereocenters. The van der Waals surface area contributed by atoms with Gasteiger partial charge in [-0.3, -0.25) is 0 Å². The maximum atomic E-state index is 2.39. The zero-order chi connectivity index (χ0) is 24.2. The molecule has 0 N–H and O–H groups in total. The van der Waals surface area contributed by atoms with Crippen LogP contribution in [-0.2, 0) is 0 Å². The van der Waals surface area contributed by atoms with Crippen molar-refractivity contribution < 1.29 is 0 Å². The molecule has 0 spiro atoms. The van der Waals surface area contributed by atoms with E-state index < -0.39 is 0 Å². The van der Waals surface area contributed by atoms with Gasteiger partial charge in [0, 0.05) is 0 Å². The van der Waals surface area contributed by atoms with Gasteiger partial charge >= 0.3 is 0 Å². The fraction of sp³-hybridized carbons (Fsp3) is 0.0556. The van der Waals surface area contributed by atoms with E-state index in [-0.39, 0.29) is 0 Å². The van der Waals surface area contributed by atoms with Gasteiger partial charge in [-0.1, -0.05) is 115 Å². The summed E-state index contributed by atoms with van der Waals surface area (Å²) in [6, 6.07) is 44.6. The molecule has 0 heteroatoms. The predicted octanol–water partition coefficient (Wildman–Crippen LogP) is 10.3. The van der Waals surface area contributed by atoms with Crippen LogP contribution < -0.4 is 0 Å². The number of hydrogen-bond donors (Lipinski definition) is 0. The Bertz CT molecular complexity index is 1920. The van der Waals surface area contributed by atoms with Crippen LogP contribution in [-0.4, -0.2) is 0 Å². The van der Waals surface area contributed by atoms with Crippen LogP contribution in [0.3, 0.4) is 0 Å². The van der Waals surface area contributed by atoms with Crippen molar-refractivity contribution in [2.75, 3.05) is 0 Å². The number of rotatable bonds is 2. The van der Waals surface area contributed by atoms with Crippen molar-refractivity contribution in [3.05, 3.63) is 132 Å². The molecule has 0 amide bonds. The van der Waals surface area contributed by atoms with Crippen molar-refractivity contribution in [1.82, 2.24) is 0 Å². The summed E-state index contributed by atoms with van der Waals surface area (Å²) in [5.74, 6) is 0. The lowest BCUT2D eigenvalue weighted by atomic mass is 9.88. The monoisotopic (exact) mass is 458 g/mol. The summed E-state index contributed by atoms with van der Waals surface area (Å²) in [4.78, 5) is 0. The number of hydrogen-bond acceptors (Lipinski definition) is 0. The highest BCUT2D eigenvalue weighted by molar-refractivity contribution is 6.25. The molecule has 170 valence electrons. The minimum absolute atomic E-state index is 1.27. The molecular formula is C36H26. The molecule has 7 aromatic carbocycles. The zero-order valence-corrected chi connectivity index (χ0v) is 20.5. The van der Waals surface area contributed by atoms with E-state index in [9.17, 15) is 0 Å². The van der Waals surface area contributed by atoms with Crippen LogP contribution in [0, 0.1) is 13.8 Å². The van der Waals surface area contributed by atoms with Crippen molar-refractivity contribution in [3.63, 3.8) is 0 Å². The van der Waals surface area contributed by atoms with E-state index in [0.717, 1.165) is 0 Å². The van der Waals surface area contributed by atoms with Gasteiger partial charge in [-0.05, 0) is 96.4 Å². The number of benzene rings is 7. The van der Waals surface area contributed by atoms with Crippen LogP contribution in [0.1, 0.15) is 11.1 Å². The molecule has 0 saturated carbocycles.